The standard InChI is InChI=1S/C18H21N7O/c1-12-8-14(23-22-12)17(26)25-7-6-24(9-18(10-25)3-4-18)16-13-2-5-19-15(13)20-11-21-16/h2,5,8,11H,3-4,6-7,9-10H2,1H3,(H,22,23)(H,19,20,21). The van der Waals surface area contributed by atoms with Gasteiger partial charge in [0.25, 0.3) is 5.91 Å². The number of hydrogen-bond acceptors (Lipinski definition) is 5. The van der Waals surface area contributed by atoms with Crippen LogP contribution in [0.15, 0.2) is 24.7 Å². The summed E-state index contributed by atoms with van der Waals surface area (Å²) in [6.07, 6.45) is 5.79. The van der Waals surface area contributed by atoms with Gasteiger partial charge in [-0.05, 0) is 31.9 Å². The van der Waals surface area contributed by atoms with Crippen LogP contribution in [-0.4, -0.2) is 62.1 Å². The lowest BCUT2D eigenvalue weighted by atomic mass is 10.1. The number of anilines is 1. The van der Waals surface area contributed by atoms with E-state index in [1.165, 1.54) is 0 Å². The third-order valence-electron chi connectivity index (χ3n) is 5.49. The summed E-state index contributed by atoms with van der Waals surface area (Å²) in [5.74, 6) is 0.962. The average Bonchev–Trinajstić information content (AvgIpc) is 3.06. The fourth-order valence-corrected chi connectivity index (χ4v) is 3.91. The summed E-state index contributed by atoms with van der Waals surface area (Å²) in [4.78, 5) is 29.1. The fourth-order valence-electron chi connectivity index (χ4n) is 3.91. The number of hydrogen-bond donors (Lipinski definition) is 2. The quantitative estimate of drug-likeness (QED) is 0.733. The minimum Gasteiger partial charge on any atom is -0.354 e. The van der Waals surface area contributed by atoms with Crippen LogP contribution in [-0.2, 0) is 0 Å². The number of carbonyl (C=O) groups is 1. The van der Waals surface area contributed by atoms with Crippen molar-refractivity contribution in [2.24, 2.45) is 5.41 Å². The summed E-state index contributed by atoms with van der Waals surface area (Å²) in [5.41, 5.74) is 2.43. The van der Waals surface area contributed by atoms with Gasteiger partial charge in [-0.15, -0.1) is 0 Å². The van der Waals surface area contributed by atoms with Crippen molar-refractivity contribution in [1.29, 1.82) is 0 Å². The highest BCUT2D eigenvalue weighted by Gasteiger charge is 2.48. The summed E-state index contributed by atoms with van der Waals surface area (Å²) < 4.78 is 0. The van der Waals surface area contributed by atoms with Crippen LogP contribution in [0.3, 0.4) is 0 Å². The molecule has 0 aromatic carbocycles. The molecule has 2 aliphatic rings. The molecule has 1 spiro atoms. The Labute approximate surface area is 150 Å². The molecule has 1 saturated carbocycles. The first-order chi connectivity index (χ1) is 12.6. The molecule has 5 rings (SSSR count). The topological polar surface area (TPSA) is 93.8 Å². The van der Waals surface area contributed by atoms with E-state index >= 15 is 0 Å². The summed E-state index contributed by atoms with van der Waals surface area (Å²) in [6.45, 7) is 5.05. The van der Waals surface area contributed by atoms with Gasteiger partial charge in [-0.1, -0.05) is 0 Å². The number of nitrogens with one attached hydrogen (secondary N) is 2. The molecule has 26 heavy (non-hydrogen) atoms. The van der Waals surface area contributed by atoms with Gasteiger partial charge < -0.3 is 14.8 Å². The molecule has 8 nitrogen and oxygen atoms in total. The van der Waals surface area contributed by atoms with Gasteiger partial charge in [0.15, 0.2) is 0 Å². The Morgan fingerprint density at radius 1 is 1.23 bits per heavy atom. The van der Waals surface area contributed by atoms with Crippen LogP contribution in [0.5, 0.6) is 0 Å². The molecule has 0 unspecified atom stereocenters. The normalized spacial score (nSPS) is 19.1. The summed E-state index contributed by atoms with van der Waals surface area (Å²) in [5, 5.41) is 8.04. The van der Waals surface area contributed by atoms with Crippen molar-refractivity contribution in [3.05, 3.63) is 36.0 Å². The van der Waals surface area contributed by atoms with Gasteiger partial charge >= 0.3 is 0 Å². The van der Waals surface area contributed by atoms with Crippen LogP contribution < -0.4 is 4.90 Å². The zero-order valence-electron chi connectivity index (χ0n) is 14.7. The maximum Gasteiger partial charge on any atom is 0.274 e. The molecule has 0 atom stereocenters. The van der Waals surface area contributed by atoms with E-state index in [1.54, 1.807) is 6.33 Å². The number of rotatable bonds is 2. The van der Waals surface area contributed by atoms with E-state index in [0.717, 1.165) is 55.0 Å². The van der Waals surface area contributed by atoms with Crippen molar-refractivity contribution in [3.8, 4) is 0 Å². The highest BCUT2D eigenvalue weighted by molar-refractivity contribution is 5.92. The van der Waals surface area contributed by atoms with E-state index in [0.29, 0.717) is 12.2 Å². The second-order valence-electron chi connectivity index (χ2n) is 7.52. The highest BCUT2D eigenvalue weighted by atomic mass is 16.2. The molecule has 3 aromatic heterocycles. The Bertz CT molecular complexity index is 971. The van der Waals surface area contributed by atoms with Gasteiger partial charge in [-0.3, -0.25) is 9.89 Å². The number of amides is 1. The molecule has 1 aliphatic carbocycles. The van der Waals surface area contributed by atoms with Gasteiger partial charge in [-0.2, -0.15) is 5.10 Å². The Morgan fingerprint density at radius 3 is 2.88 bits per heavy atom. The maximum absolute atomic E-state index is 12.9. The van der Waals surface area contributed by atoms with Crippen molar-refractivity contribution in [2.75, 3.05) is 31.1 Å². The Hall–Kier alpha value is -2.90. The molecular formula is C18H21N7O. The predicted molar refractivity (Wildman–Crippen MR) is 97.0 cm³/mol. The van der Waals surface area contributed by atoms with Crippen LogP contribution in [0.1, 0.15) is 29.0 Å². The van der Waals surface area contributed by atoms with Crippen LogP contribution in [0.25, 0.3) is 11.0 Å². The number of fused-ring (bicyclic) bond motifs is 1. The van der Waals surface area contributed by atoms with Gasteiger partial charge in [0.05, 0.1) is 5.39 Å². The van der Waals surface area contributed by atoms with Crippen molar-refractivity contribution >= 4 is 22.8 Å². The van der Waals surface area contributed by atoms with Crippen LogP contribution in [0, 0.1) is 12.3 Å². The number of aryl methyl sites for hydroxylation is 1. The zero-order valence-corrected chi connectivity index (χ0v) is 14.7. The van der Waals surface area contributed by atoms with E-state index in [1.807, 2.05) is 30.2 Å². The molecule has 8 heteroatoms. The van der Waals surface area contributed by atoms with Crippen LogP contribution in [0.4, 0.5) is 5.82 Å². The van der Waals surface area contributed by atoms with E-state index in [4.69, 9.17) is 0 Å². The molecule has 0 bridgehead atoms. The van der Waals surface area contributed by atoms with Crippen molar-refractivity contribution < 1.29 is 4.79 Å². The largest absolute Gasteiger partial charge is 0.354 e. The zero-order chi connectivity index (χ0) is 17.7. The SMILES string of the molecule is Cc1cc(C(=O)N2CCN(c3ncnc4[nH]ccc34)CC3(CC3)C2)n[nH]1. The number of H-pyrrole nitrogens is 2. The van der Waals surface area contributed by atoms with Crippen LogP contribution >= 0.6 is 0 Å². The highest BCUT2D eigenvalue weighted by Crippen LogP contribution is 2.48. The molecule has 3 aromatic rings. The lowest BCUT2D eigenvalue weighted by Gasteiger charge is -2.25. The van der Waals surface area contributed by atoms with Crippen molar-refractivity contribution in [3.63, 3.8) is 0 Å². The molecule has 4 heterocycles. The molecule has 1 aliphatic heterocycles. The number of carbonyl (C=O) groups excluding carboxylic acids is 1. The van der Waals surface area contributed by atoms with Gasteiger partial charge in [0.2, 0.25) is 0 Å². The smallest absolute Gasteiger partial charge is 0.274 e. The molecule has 1 saturated heterocycles. The van der Waals surface area contributed by atoms with Gasteiger partial charge in [-0.25, -0.2) is 9.97 Å². The summed E-state index contributed by atoms with van der Waals surface area (Å²) in [6, 6.07) is 3.84. The summed E-state index contributed by atoms with van der Waals surface area (Å²) in [7, 11) is 0. The molecule has 1 amide bonds. The second kappa shape index (κ2) is 5.55. The molecule has 134 valence electrons. The Morgan fingerprint density at radius 2 is 2.12 bits per heavy atom. The van der Waals surface area contributed by atoms with Crippen LogP contribution in [0.2, 0.25) is 0 Å². The number of nitrogens with zero attached hydrogens (tertiary/aromatic N) is 5. The van der Waals surface area contributed by atoms with E-state index in [2.05, 4.69) is 30.0 Å². The predicted octanol–water partition coefficient (Wildman–Crippen LogP) is 1.73. The number of aromatic nitrogens is 5. The first-order valence-corrected chi connectivity index (χ1v) is 8.98. The van der Waals surface area contributed by atoms with E-state index < -0.39 is 0 Å². The minimum atomic E-state index is 0.0111. The fraction of sp³-hybridized carbons (Fsp3) is 0.444. The molecule has 2 fully saturated rings. The average molecular weight is 351 g/mol. The number of aromatic amines is 2. The Balaban J connectivity index is 1.44. The lowest BCUT2D eigenvalue weighted by Crippen LogP contribution is -2.36. The third kappa shape index (κ3) is 2.53. The van der Waals surface area contributed by atoms with Gasteiger partial charge in [0, 0.05) is 43.5 Å². The first-order valence-electron chi connectivity index (χ1n) is 8.98. The minimum absolute atomic E-state index is 0.0111. The van der Waals surface area contributed by atoms with Crippen molar-refractivity contribution in [2.45, 2.75) is 19.8 Å². The second-order valence-corrected chi connectivity index (χ2v) is 7.52. The third-order valence-corrected chi connectivity index (χ3v) is 5.49. The van der Waals surface area contributed by atoms with Crippen molar-refractivity contribution in [1.82, 2.24) is 30.0 Å². The first kappa shape index (κ1) is 15.4. The molecule has 2 N–H and O–H groups in total. The summed E-state index contributed by atoms with van der Waals surface area (Å²) >= 11 is 0. The van der Waals surface area contributed by atoms with E-state index in [9.17, 15) is 4.79 Å². The molecular weight excluding hydrogens is 330 g/mol. The van der Waals surface area contributed by atoms with E-state index in [-0.39, 0.29) is 11.3 Å². The molecule has 0 radical (unpaired) electrons. The lowest BCUT2D eigenvalue weighted by molar-refractivity contribution is 0.0735. The maximum atomic E-state index is 12.9. The van der Waals surface area contributed by atoms with Gasteiger partial charge in [0.1, 0.15) is 23.5 Å². The monoisotopic (exact) mass is 351 g/mol. The Kier molecular flexibility index (Phi) is 3.28.